The molecule has 0 bridgehead atoms. The molecule has 0 aliphatic carbocycles. The molecule has 2 heterocycles. The Morgan fingerprint density at radius 2 is 2.26 bits per heavy atom. The lowest BCUT2D eigenvalue weighted by Crippen LogP contribution is -2.51. The van der Waals surface area contributed by atoms with Gasteiger partial charge in [0.1, 0.15) is 0 Å². The molecule has 0 aromatic rings. The zero-order valence-electron chi connectivity index (χ0n) is 12.1. The van der Waals surface area contributed by atoms with Crippen LogP contribution in [0, 0.1) is 0 Å². The molecule has 5 heteroatoms. The van der Waals surface area contributed by atoms with Gasteiger partial charge in [0.15, 0.2) is 0 Å². The van der Waals surface area contributed by atoms with Crippen LogP contribution >= 0.6 is 12.2 Å². The summed E-state index contributed by atoms with van der Waals surface area (Å²) in [6.07, 6.45) is 4.00. The standard InChI is InChI=1S/C14H26N2O2S/c1-11(2)16(6-3-13(15)19)12-4-7-18-14(9-12)5-8-17-10-14/h11-12H,3-10H2,1-2H3,(H2,15,19). The molecule has 2 aliphatic heterocycles. The van der Waals surface area contributed by atoms with Crippen molar-refractivity contribution < 1.29 is 9.47 Å². The van der Waals surface area contributed by atoms with E-state index in [9.17, 15) is 0 Å². The zero-order chi connectivity index (χ0) is 13.9. The average molecular weight is 286 g/mol. The molecular weight excluding hydrogens is 260 g/mol. The minimum absolute atomic E-state index is 0.0285. The highest BCUT2D eigenvalue weighted by Crippen LogP contribution is 2.35. The molecule has 2 saturated heterocycles. The van der Waals surface area contributed by atoms with E-state index in [0.29, 0.717) is 17.1 Å². The summed E-state index contributed by atoms with van der Waals surface area (Å²) in [4.78, 5) is 3.14. The van der Waals surface area contributed by atoms with Crippen molar-refractivity contribution in [2.24, 2.45) is 5.73 Å². The summed E-state index contributed by atoms with van der Waals surface area (Å²) >= 11 is 5.01. The van der Waals surface area contributed by atoms with E-state index >= 15 is 0 Å². The van der Waals surface area contributed by atoms with Gasteiger partial charge in [-0.25, -0.2) is 0 Å². The van der Waals surface area contributed by atoms with E-state index in [2.05, 4.69) is 18.7 Å². The third-order valence-electron chi connectivity index (χ3n) is 4.28. The fourth-order valence-electron chi connectivity index (χ4n) is 3.25. The second kappa shape index (κ2) is 6.48. The molecule has 2 rings (SSSR count). The van der Waals surface area contributed by atoms with E-state index < -0.39 is 0 Å². The van der Waals surface area contributed by atoms with E-state index in [1.54, 1.807) is 0 Å². The van der Waals surface area contributed by atoms with Crippen molar-refractivity contribution >= 4 is 17.2 Å². The Bertz CT molecular complexity index is 317. The lowest BCUT2D eigenvalue weighted by Gasteiger charge is -2.43. The maximum absolute atomic E-state index is 6.01. The lowest BCUT2D eigenvalue weighted by molar-refractivity contribution is -0.109. The van der Waals surface area contributed by atoms with Gasteiger partial charge >= 0.3 is 0 Å². The largest absolute Gasteiger partial charge is 0.393 e. The smallest absolute Gasteiger partial charge is 0.0951 e. The van der Waals surface area contributed by atoms with Crippen LogP contribution < -0.4 is 5.73 Å². The van der Waals surface area contributed by atoms with E-state index in [-0.39, 0.29) is 5.60 Å². The van der Waals surface area contributed by atoms with Gasteiger partial charge < -0.3 is 15.2 Å². The number of ether oxygens (including phenoxy) is 2. The molecule has 110 valence electrons. The van der Waals surface area contributed by atoms with Crippen molar-refractivity contribution in [2.75, 3.05) is 26.4 Å². The van der Waals surface area contributed by atoms with E-state index in [1.165, 1.54) is 0 Å². The monoisotopic (exact) mass is 286 g/mol. The topological polar surface area (TPSA) is 47.7 Å². The maximum Gasteiger partial charge on any atom is 0.0951 e. The summed E-state index contributed by atoms with van der Waals surface area (Å²) in [5.41, 5.74) is 5.62. The Balaban J connectivity index is 1.98. The number of nitrogens with two attached hydrogens (primary N) is 1. The van der Waals surface area contributed by atoms with Gasteiger partial charge in [0.25, 0.3) is 0 Å². The van der Waals surface area contributed by atoms with Gasteiger partial charge in [0.2, 0.25) is 0 Å². The van der Waals surface area contributed by atoms with Crippen molar-refractivity contribution in [3.63, 3.8) is 0 Å². The van der Waals surface area contributed by atoms with Crippen LogP contribution in [0.3, 0.4) is 0 Å². The number of nitrogens with zero attached hydrogens (tertiary/aromatic N) is 1. The summed E-state index contributed by atoms with van der Waals surface area (Å²) in [6.45, 7) is 7.87. The Hall–Kier alpha value is -0.230. The quantitative estimate of drug-likeness (QED) is 0.780. The molecule has 2 N–H and O–H groups in total. The third-order valence-corrected chi connectivity index (χ3v) is 4.49. The van der Waals surface area contributed by atoms with Crippen LogP contribution in [0.25, 0.3) is 0 Å². The van der Waals surface area contributed by atoms with Gasteiger partial charge in [-0.05, 0) is 26.7 Å². The van der Waals surface area contributed by atoms with Gasteiger partial charge in [0, 0.05) is 44.7 Å². The third kappa shape index (κ3) is 3.88. The highest BCUT2D eigenvalue weighted by Gasteiger charge is 2.42. The van der Waals surface area contributed by atoms with Crippen LogP contribution in [0.15, 0.2) is 0 Å². The molecule has 2 aliphatic rings. The molecule has 4 nitrogen and oxygen atoms in total. The van der Waals surface area contributed by atoms with Crippen LogP contribution in [-0.2, 0) is 9.47 Å². The predicted molar refractivity (Wildman–Crippen MR) is 80.4 cm³/mol. The molecule has 2 atom stereocenters. The molecular formula is C14H26N2O2S. The molecule has 0 saturated carbocycles. The molecule has 1 spiro atoms. The highest BCUT2D eigenvalue weighted by atomic mass is 32.1. The van der Waals surface area contributed by atoms with Crippen LogP contribution in [0.2, 0.25) is 0 Å². The van der Waals surface area contributed by atoms with Crippen molar-refractivity contribution in [1.29, 1.82) is 0 Å². The number of rotatable bonds is 5. The molecule has 0 radical (unpaired) electrons. The van der Waals surface area contributed by atoms with Gasteiger partial charge in [-0.2, -0.15) is 0 Å². The van der Waals surface area contributed by atoms with Crippen molar-refractivity contribution in [3.05, 3.63) is 0 Å². The maximum atomic E-state index is 6.01. The van der Waals surface area contributed by atoms with Crippen molar-refractivity contribution in [1.82, 2.24) is 4.90 Å². The molecule has 2 fully saturated rings. The molecule has 19 heavy (non-hydrogen) atoms. The number of hydrogen-bond acceptors (Lipinski definition) is 4. The van der Waals surface area contributed by atoms with Crippen LogP contribution in [0.4, 0.5) is 0 Å². The number of hydrogen-bond donors (Lipinski definition) is 1. The Kier molecular flexibility index (Phi) is 5.17. The molecule has 2 unspecified atom stereocenters. The van der Waals surface area contributed by atoms with Crippen LogP contribution in [0.5, 0.6) is 0 Å². The highest BCUT2D eigenvalue weighted by molar-refractivity contribution is 7.80. The van der Waals surface area contributed by atoms with Gasteiger partial charge in [-0.3, -0.25) is 4.90 Å². The predicted octanol–water partition coefficient (Wildman–Crippen LogP) is 1.71. The molecule has 0 aromatic heterocycles. The second-order valence-corrected chi connectivity index (χ2v) is 6.55. The van der Waals surface area contributed by atoms with Crippen molar-refractivity contribution in [3.8, 4) is 0 Å². The van der Waals surface area contributed by atoms with Gasteiger partial charge in [-0.15, -0.1) is 0 Å². The fourth-order valence-corrected chi connectivity index (χ4v) is 3.34. The minimum Gasteiger partial charge on any atom is -0.393 e. The lowest BCUT2D eigenvalue weighted by atomic mass is 9.88. The summed E-state index contributed by atoms with van der Waals surface area (Å²) in [6, 6.07) is 1.07. The van der Waals surface area contributed by atoms with E-state index in [4.69, 9.17) is 27.4 Å². The Morgan fingerprint density at radius 3 is 2.84 bits per heavy atom. The SMILES string of the molecule is CC(C)N(CCC(N)=S)C1CCOC2(CCOC2)C1. The van der Waals surface area contributed by atoms with Crippen LogP contribution in [0.1, 0.15) is 39.5 Å². The first-order valence-corrected chi connectivity index (χ1v) is 7.69. The van der Waals surface area contributed by atoms with Crippen molar-refractivity contribution in [2.45, 2.75) is 57.2 Å². The first kappa shape index (κ1) is 15.2. The van der Waals surface area contributed by atoms with E-state index in [0.717, 1.165) is 52.0 Å². The normalized spacial score (nSPS) is 31.5. The fraction of sp³-hybridized carbons (Fsp3) is 0.929. The van der Waals surface area contributed by atoms with Crippen LogP contribution in [-0.4, -0.2) is 53.9 Å². The average Bonchev–Trinajstić information content (AvgIpc) is 2.77. The second-order valence-electron chi connectivity index (χ2n) is 6.03. The van der Waals surface area contributed by atoms with Gasteiger partial charge in [0.05, 0.1) is 17.2 Å². The van der Waals surface area contributed by atoms with E-state index in [1.807, 2.05) is 0 Å². The Labute approximate surface area is 121 Å². The molecule has 0 aromatic carbocycles. The first-order valence-electron chi connectivity index (χ1n) is 7.28. The summed E-state index contributed by atoms with van der Waals surface area (Å²) < 4.78 is 11.6. The van der Waals surface area contributed by atoms with Gasteiger partial charge in [-0.1, -0.05) is 12.2 Å². The Morgan fingerprint density at radius 1 is 1.47 bits per heavy atom. The zero-order valence-corrected chi connectivity index (χ0v) is 12.9. The first-order chi connectivity index (χ1) is 9.02. The minimum atomic E-state index is -0.0285. The number of thiocarbonyl (C=S) groups is 1. The summed E-state index contributed by atoms with van der Waals surface area (Å²) in [5.74, 6) is 0. The summed E-state index contributed by atoms with van der Waals surface area (Å²) in [7, 11) is 0. The molecule has 0 amide bonds. The summed E-state index contributed by atoms with van der Waals surface area (Å²) in [5, 5.41) is 0.